The van der Waals surface area contributed by atoms with Crippen LogP contribution >= 0.6 is 34.2 Å². The summed E-state index contributed by atoms with van der Waals surface area (Å²) in [5, 5.41) is -4.52. The van der Waals surface area contributed by atoms with Crippen LogP contribution in [-0.2, 0) is 6.42 Å². The van der Waals surface area contributed by atoms with Crippen molar-refractivity contribution < 1.29 is 22.3 Å². The minimum Gasteiger partial charge on any atom is -0.497 e. The van der Waals surface area contributed by atoms with E-state index in [1.807, 2.05) is 0 Å². The van der Waals surface area contributed by atoms with Gasteiger partial charge in [-0.1, -0.05) is 34.7 Å². The molecule has 1 aromatic carbocycles. The van der Waals surface area contributed by atoms with Crippen LogP contribution < -0.4 is 4.74 Å². The van der Waals surface area contributed by atoms with Crippen LogP contribution in [0, 0.1) is 0 Å². The van der Waals surface area contributed by atoms with Crippen LogP contribution in [0.2, 0.25) is 0 Å². The summed E-state index contributed by atoms with van der Waals surface area (Å²) >= 11 is 6.13. The highest BCUT2D eigenvalue weighted by Crippen LogP contribution is 2.42. The highest BCUT2D eigenvalue weighted by Gasteiger charge is 2.55. The van der Waals surface area contributed by atoms with Gasteiger partial charge >= 0.3 is 11.3 Å². The summed E-state index contributed by atoms with van der Waals surface area (Å²) in [4.78, 5) is 0. The fraction of sp³-hybridized carbons (Fsp3) is 0.500. The maximum Gasteiger partial charge on any atom is 0.384 e. The first-order chi connectivity index (χ1) is 8.65. The third-order valence-electron chi connectivity index (χ3n) is 2.51. The summed E-state index contributed by atoms with van der Waals surface area (Å²) in [6, 6.07) is 6.79. The van der Waals surface area contributed by atoms with Gasteiger partial charge < -0.3 is 4.74 Å². The van der Waals surface area contributed by atoms with Crippen LogP contribution in [0.5, 0.6) is 5.75 Å². The highest BCUT2D eigenvalue weighted by atomic mass is 127. The van der Waals surface area contributed by atoms with Crippen LogP contribution in [0.15, 0.2) is 24.3 Å². The van der Waals surface area contributed by atoms with E-state index in [-0.39, 0.29) is 6.42 Å². The monoisotopic (exact) mass is 410 g/mol. The van der Waals surface area contributed by atoms with E-state index >= 15 is 0 Å². The van der Waals surface area contributed by atoms with Gasteiger partial charge in [0.15, 0.2) is 0 Å². The Bertz CT molecular complexity index is 405. The van der Waals surface area contributed by atoms with Gasteiger partial charge in [-0.2, -0.15) is 17.6 Å². The number of rotatable bonds is 6. The van der Waals surface area contributed by atoms with Crippen LogP contribution in [0.25, 0.3) is 0 Å². The molecule has 7 heteroatoms. The van der Waals surface area contributed by atoms with E-state index in [0.29, 0.717) is 5.75 Å². The summed E-state index contributed by atoms with van der Waals surface area (Å²) < 4.78 is 55.5. The third kappa shape index (κ3) is 4.98. The molecule has 0 saturated carbocycles. The van der Waals surface area contributed by atoms with Gasteiger partial charge in [-0.25, -0.2) is 0 Å². The molecule has 0 saturated heterocycles. The molecule has 1 nitrogen and oxygen atoms in total. The minimum absolute atomic E-state index is 0.257. The van der Waals surface area contributed by atoms with E-state index < -0.39 is 21.6 Å². The van der Waals surface area contributed by atoms with E-state index in [9.17, 15) is 17.6 Å². The van der Waals surface area contributed by atoms with E-state index in [4.69, 9.17) is 4.74 Å². The smallest absolute Gasteiger partial charge is 0.384 e. The van der Waals surface area contributed by atoms with Gasteiger partial charge in [0, 0.05) is 10.3 Å². The molecule has 0 aromatic heterocycles. The van der Waals surface area contributed by atoms with Gasteiger partial charge in [0.2, 0.25) is 0 Å². The van der Waals surface area contributed by atoms with Crippen molar-refractivity contribution in [3.63, 3.8) is 0 Å². The van der Waals surface area contributed by atoms with E-state index in [2.05, 4.69) is 11.6 Å². The first-order valence-electron chi connectivity index (χ1n) is 5.37. The minimum atomic E-state index is -4.52. The number of hydrogen-bond acceptors (Lipinski definition) is 1. The Morgan fingerprint density at radius 2 is 1.74 bits per heavy atom. The normalized spacial score (nSPS) is 14.3. The van der Waals surface area contributed by atoms with E-state index in [1.165, 1.54) is 7.11 Å². The summed E-state index contributed by atoms with van der Waals surface area (Å²) in [7, 11) is 1.51. The predicted octanol–water partition coefficient (Wildman–Crippen LogP) is 4.90. The lowest BCUT2D eigenvalue weighted by atomic mass is 10.1. The van der Waals surface area contributed by atoms with Crippen LogP contribution in [-0.4, -0.2) is 22.3 Å². The zero-order valence-corrected chi connectivity index (χ0v) is 12.9. The van der Waals surface area contributed by atoms with Crippen molar-refractivity contribution in [1.82, 2.24) is 0 Å². The first kappa shape index (κ1) is 16.8. The molecule has 0 N–H and O–H groups in total. The van der Waals surface area contributed by atoms with Gasteiger partial charge in [0.1, 0.15) is 5.75 Å². The SMILES string of the molecule is COc1ccc(CC(I)CC(F)(F)C(F)(F)Cl)cc1. The quantitative estimate of drug-likeness (QED) is 0.368. The molecule has 0 heterocycles. The molecule has 0 aliphatic carbocycles. The van der Waals surface area contributed by atoms with Crippen molar-refractivity contribution in [2.45, 2.75) is 28.1 Å². The lowest BCUT2D eigenvalue weighted by Gasteiger charge is -2.23. The lowest BCUT2D eigenvalue weighted by Crippen LogP contribution is -2.37. The number of halogens is 6. The second-order valence-corrected chi connectivity index (χ2v) is 6.29. The Morgan fingerprint density at radius 1 is 1.21 bits per heavy atom. The molecule has 1 atom stereocenters. The molecule has 0 bridgehead atoms. The maximum atomic E-state index is 13.1. The van der Waals surface area contributed by atoms with Gasteiger partial charge in [-0.15, -0.1) is 0 Å². The molecule has 1 aromatic rings. The number of hydrogen-bond donors (Lipinski definition) is 0. The Balaban J connectivity index is 2.62. The molecule has 0 amide bonds. The molecule has 108 valence electrons. The van der Waals surface area contributed by atoms with Crippen LogP contribution in [0.1, 0.15) is 12.0 Å². The van der Waals surface area contributed by atoms with Gasteiger partial charge in [0.05, 0.1) is 7.11 Å². The highest BCUT2D eigenvalue weighted by molar-refractivity contribution is 14.1. The Kier molecular flexibility index (Phi) is 5.73. The Morgan fingerprint density at radius 3 is 2.16 bits per heavy atom. The maximum absolute atomic E-state index is 13.1. The largest absolute Gasteiger partial charge is 0.497 e. The Hall–Kier alpha value is -0.240. The zero-order chi connectivity index (χ0) is 14.7. The van der Waals surface area contributed by atoms with Crippen LogP contribution in [0.3, 0.4) is 0 Å². The molecule has 0 spiro atoms. The van der Waals surface area contributed by atoms with Crippen molar-refractivity contribution in [3.8, 4) is 5.75 Å². The van der Waals surface area contributed by atoms with Crippen molar-refractivity contribution in [3.05, 3.63) is 29.8 Å². The van der Waals surface area contributed by atoms with E-state index in [1.54, 1.807) is 46.9 Å². The molecule has 0 radical (unpaired) electrons. The third-order valence-corrected chi connectivity index (χ3v) is 3.67. The molecule has 0 aliphatic rings. The van der Waals surface area contributed by atoms with Gasteiger partial charge in [-0.05, 0) is 35.7 Å². The van der Waals surface area contributed by atoms with Crippen molar-refractivity contribution in [2.24, 2.45) is 0 Å². The molecule has 1 unspecified atom stereocenters. The fourth-order valence-corrected chi connectivity index (χ4v) is 2.62. The topological polar surface area (TPSA) is 9.23 Å². The number of alkyl halides is 6. The summed E-state index contributed by atoms with van der Waals surface area (Å²) in [5.41, 5.74) is 0.772. The summed E-state index contributed by atoms with van der Waals surface area (Å²) in [6.45, 7) is 0. The standard InChI is InChI=1S/C12H12ClF4IO/c1-19-10-4-2-8(3-5-10)6-9(18)7-11(14,15)12(13,16)17/h2-5,9H,6-7H2,1H3. The zero-order valence-electron chi connectivity index (χ0n) is 9.98. The molecule has 19 heavy (non-hydrogen) atoms. The number of benzene rings is 1. The molecule has 0 fully saturated rings. The van der Waals surface area contributed by atoms with Gasteiger partial charge in [-0.3, -0.25) is 0 Å². The molecular weight excluding hydrogens is 398 g/mol. The molecule has 1 rings (SSSR count). The van der Waals surface area contributed by atoms with Crippen LogP contribution in [0.4, 0.5) is 17.6 Å². The second kappa shape index (κ2) is 6.47. The second-order valence-electron chi connectivity index (χ2n) is 4.06. The van der Waals surface area contributed by atoms with Gasteiger partial charge in [0.25, 0.3) is 0 Å². The van der Waals surface area contributed by atoms with Crippen molar-refractivity contribution in [1.29, 1.82) is 0 Å². The predicted molar refractivity (Wildman–Crippen MR) is 74.9 cm³/mol. The fourth-order valence-electron chi connectivity index (χ4n) is 1.48. The Labute approximate surface area is 127 Å². The van der Waals surface area contributed by atoms with Crippen molar-refractivity contribution in [2.75, 3.05) is 7.11 Å². The first-order valence-corrected chi connectivity index (χ1v) is 6.99. The average molecular weight is 411 g/mol. The molecule has 0 aliphatic heterocycles. The number of methoxy groups -OCH3 is 1. The average Bonchev–Trinajstić information content (AvgIpc) is 2.27. The van der Waals surface area contributed by atoms with Crippen molar-refractivity contribution >= 4 is 34.2 Å². The molecular formula is C12H12ClF4IO. The summed E-state index contributed by atoms with van der Waals surface area (Å²) in [6.07, 6.45) is -0.719. The lowest BCUT2D eigenvalue weighted by molar-refractivity contribution is -0.160. The number of ether oxygens (including phenoxy) is 1. The van der Waals surface area contributed by atoms with E-state index in [0.717, 1.165) is 5.56 Å². The summed E-state index contributed by atoms with van der Waals surface area (Å²) in [5.74, 6) is -3.57.